The van der Waals surface area contributed by atoms with Crippen molar-refractivity contribution in [2.24, 2.45) is 5.41 Å². The lowest BCUT2D eigenvalue weighted by atomic mass is 9.99. The number of hydrogen-bond acceptors (Lipinski definition) is 6. The van der Waals surface area contributed by atoms with E-state index in [0.717, 1.165) is 0 Å². The lowest BCUT2D eigenvalue weighted by Gasteiger charge is -2.22. The fraction of sp³-hybridized carbons (Fsp3) is 0.692. The van der Waals surface area contributed by atoms with E-state index in [1.54, 1.807) is 0 Å². The third kappa shape index (κ3) is 3.83. The van der Waals surface area contributed by atoms with E-state index >= 15 is 0 Å². The van der Waals surface area contributed by atoms with Gasteiger partial charge in [-0.25, -0.2) is 8.78 Å². The van der Waals surface area contributed by atoms with Crippen LogP contribution in [-0.4, -0.2) is 35.6 Å². The Labute approximate surface area is 122 Å². The van der Waals surface area contributed by atoms with E-state index in [1.807, 2.05) is 20.8 Å². The Morgan fingerprint density at radius 2 is 1.95 bits per heavy atom. The minimum atomic E-state index is -2.74. The predicted octanol–water partition coefficient (Wildman–Crippen LogP) is 1.91. The summed E-state index contributed by atoms with van der Waals surface area (Å²) in [5.41, 5.74) is 11.6. The van der Waals surface area contributed by atoms with Gasteiger partial charge in [-0.2, -0.15) is 9.97 Å². The molecule has 1 aromatic heterocycles. The number of nitrogens with two attached hydrogens (primary N) is 2. The summed E-state index contributed by atoms with van der Waals surface area (Å²) in [5, 5.41) is 0. The van der Waals surface area contributed by atoms with Gasteiger partial charge in [-0.05, 0) is 5.41 Å². The van der Waals surface area contributed by atoms with Crippen molar-refractivity contribution < 1.29 is 13.5 Å². The molecule has 21 heavy (non-hydrogen) atoms. The van der Waals surface area contributed by atoms with E-state index in [2.05, 4.69) is 9.97 Å². The van der Waals surface area contributed by atoms with Gasteiger partial charge >= 0.3 is 6.01 Å². The Morgan fingerprint density at radius 3 is 2.48 bits per heavy atom. The number of rotatable bonds is 3. The van der Waals surface area contributed by atoms with E-state index in [9.17, 15) is 8.78 Å². The Morgan fingerprint density at radius 1 is 1.29 bits per heavy atom. The van der Waals surface area contributed by atoms with Crippen molar-refractivity contribution in [2.75, 3.05) is 36.1 Å². The van der Waals surface area contributed by atoms with E-state index < -0.39 is 12.5 Å². The lowest BCUT2D eigenvalue weighted by Crippen LogP contribution is -2.27. The molecule has 2 rings (SSSR count). The van der Waals surface area contributed by atoms with Crippen LogP contribution in [0, 0.1) is 5.41 Å². The molecule has 6 nitrogen and oxygen atoms in total. The molecule has 1 aliphatic rings. The monoisotopic (exact) mass is 301 g/mol. The smallest absolute Gasteiger partial charge is 0.320 e. The largest absolute Gasteiger partial charge is 0.463 e. The zero-order valence-electron chi connectivity index (χ0n) is 12.5. The highest BCUT2D eigenvalue weighted by Crippen LogP contribution is 2.35. The molecule has 0 aromatic carbocycles. The molecule has 0 bridgehead atoms. The van der Waals surface area contributed by atoms with Crippen molar-refractivity contribution in [3.63, 3.8) is 0 Å². The molecular weight excluding hydrogens is 280 g/mol. The van der Waals surface area contributed by atoms with Crippen LogP contribution in [0.1, 0.15) is 27.2 Å². The van der Waals surface area contributed by atoms with Gasteiger partial charge in [-0.3, -0.25) is 0 Å². The summed E-state index contributed by atoms with van der Waals surface area (Å²) >= 11 is 0. The SMILES string of the molecule is CC(C)(C)COc1nc(N)c(N)c(N2CCC(F)(F)C2)n1. The molecule has 1 saturated heterocycles. The second kappa shape index (κ2) is 5.16. The summed E-state index contributed by atoms with van der Waals surface area (Å²) in [7, 11) is 0. The topological polar surface area (TPSA) is 90.3 Å². The number of nitrogens with zero attached hydrogens (tertiary/aromatic N) is 3. The van der Waals surface area contributed by atoms with Crippen molar-refractivity contribution in [1.82, 2.24) is 9.97 Å². The zero-order valence-corrected chi connectivity index (χ0v) is 12.5. The Hall–Kier alpha value is -1.86. The zero-order chi connectivity index (χ0) is 15.8. The maximum Gasteiger partial charge on any atom is 0.320 e. The Balaban J connectivity index is 2.23. The summed E-state index contributed by atoms with van der Waals surface area (Å²) in [5.74, 6) is -2.49. The molecule has 0 unspecified atom stereocenters. The van der Waals surface area contributed by atoms with Crippen LogP contribution in [0.15, 0.2) is 0 Å². The Kier molecular flexibility index (Phi) is 3.81. The average molecular weight is 301 g/mol. The number of hydrogen-bond donors (Lipinski definition) is 2. The van der Waals surface area contributed by atoms with Crippen LogP contribution in [-0.2, 0) is 0 Å². The maximum absolute atomic E-state index is 13.3. The van der Waals surface area contributed by atoms with Crippen LogP contribution in [0.4, 0.5) is 26.1 Å². The highest BCUT2D eigenvalue weighted by Gasteiger charge is 2.39. The quantitative estimate of drug-likeness (QED) is 0.886. The number of anilines is 3. The first-order valence-corrected chi connectivity index (χ1v) is 6.76. The van der Waals surface area contributed by atoms with Crippen LogP contribution in [0.5, 0.6) is 6.01 Å². The predicted molar refractivity (Wildman–Crippen MR) is 77.6 cm³/mol. The summed E-state index contributed by atoms with van der Waals surface area (Å²) in [6.45, 7) is 6.12. The molecule has 0 radical (unpaired) electrons. The molecule has 0 amide bonds. The van der Waals surface area contributed by atoms with Gasteiger partial charge in [-0.1, -0.05) is 20.8 Å². The molecular formula is C13H21F2N5O. The summed E-state index contributed by atoms with van der Waals surface area (Å²) in [6.07, 6.45) is -0.228. The van der Waals surface area contributed by atoms with Crippen LogP contribution in [0.2, 0.25) is 0 Å². The molecule has 2 heterocycles. The van der Waals surface area contributed by atoms with Crippen molar-refractivity contribution in [1.29, 1.82) is 0 Å². The van der Waals surface area contributed by atoms with Gasteiger partial charge in [-0.15, -0.1) is 0 Å². The van der Waals surface area contributed by atoms with Gasteiger partial charge in [0.2, 0.25) is 0 Å². The number of ether oxygens (including phenoxy) is 1. The van der Waals surface area contributed by atoms with Crippen molar-refractivity contribution in [3.8, 4) is 6.01 Å². The van der Waals surface area contributed by atoms with Crippen molar-refractivity contribution >= 4 is 17.3 Å². The van der Waals surface area contributed by atoms with Crippen LogP contribution >= 0.6 is 0 Å². The molecule has 1 aliphatic heterocycles. The molecule has 0 saturated carbocycles. The van der Waals surface area contributed by atoms with E-state index in [4.69, 9.17) is 16.2 Å². The first kappa shape index (κ1) is 15.5. The number of halogens is 2. The molecule has 0 spiro atoms. The van der Waals surface area contributed by atoms with Crippen LogP contribution in [0.25, 0.3) is 0 Å². The van der Waals surface area contributed by atoms with Gasteiger partial charge in [0.25, 0.3) is 5.92 Å². The minimum Gasteiger partial charge on any atom is -0.463 e. The molecule has 8 heteroatoms. The molecule has 4 N–H and O–H groups in total. The minimum absolute atomic E-state index is 0.0409. The normalized spacial score (nSPS) is 18.0. The highest BCUT2D eigenvalue weighted by molar-refractivity contribution is 5.74. The second-order valence-corrected chi connectivity index (χ2v) is 6.51. The fourth-order valence-electron chi connectivity index (χ4n) is 1.96. The van der Waals surface area contributed by atoms with Crippen molar-refractivity contribution in [3.05, 3.63) is 0 Å². The van der Waals surface area contributed by atoms with E-state index in [1.165, 1.54) is 4.90 Å². The van der Waals surface area contributed by atoms with Crippen LogP contribution < -0.4 is 21.1 Å². The Bertz CT molecular complexity index is 530. The summed E-state index contributed by atoms with van der Waals surface area (Å²) < 4.78 is 32.1. The van der Waals surface area contributed by atoms with Gasteiger partial charge in [0.1, 0.15) is 5.69 Å². The highest BCUT2D eigenvalue weighted by atomic mass is 19.3. The van der Waals surface area contributed by atoms with Gasteiger partial charge < -0.3 is 21.1 Å². The standard InChI is InChI=1S/C13H21F2N5O/c1-12(2,3)7-21-11-18-9(17)8(16)10(19-11)20-5-4-13(14,15)6-20/h4-7,16H2,1-3H3,(H2,17,18,19). The molecule has 118 valence electrons. The number of alkyl halides is 2. The molecule has 0 atom stereocenters. The molecule has 1 fully saturated rings. The van der Waals surface area contributed by atoms with Crippen LogP contribution in [0.3, 0.4) is 0 Å². The molecule has 0 aliphatic carbocycles. The van der Waals surface area contributed by atoms with Gasteiger partial charge in [0, 0.05) is 13.0 Å². The number of nitrogen functional groups attached to an aromatic ring is 2. The first-order valence-electron chi connectivity index (χ1n) is 6.76. The van der Waals surface area contributed by atoms with Gasteiger partial charge in [0.05, 0.1) is 13.2 Å². The maximum atomic E-state index is 13.3. The third-order valence-electron chi connectivity index (χ3n) is 3.04. The third-order valence-corrected chi connectivity index (χ3v) is 3.04. The summed E-state index contributed by atoms with van der Waals surface area (Å²) in [4.78, 5) is 9.50. The second-order valence-electron chi connectivity index (χ2n) is 6.51. The molecule has 1 aromatic rings. The average Bonchev–Trinajstić information content (AvgIpc) is 2.70. The van der Waals surface area contributed by atoms with E-state index in [-0.39, 0.29) is 41.7 Å². The summed E-state index contributed by atoms with van der Waals surface area (Å²) in [6, 6.07) is 0.0573. The van der Waals surface area contributed by atoms with Crippen molar-refractivity contribution in [2.45, 2.75) is 33.1 Å². The van der Waals surface area contributed by atoms with E-state index in [0.29, 0.717) is 6.61 Å². The number of aromatic nitrogens is 2. The lowest BCUT2D eigenvalue weighted by molar-refractivity contribution is 0.0256. The first-order chi connectivity index (χ1) is 9.57. The fourth-order valence-corrected chi connectivity index (χ4v) is 1.96. The van der Waals surface area contributed by atoms with Gasteiger partial charge in [0.15, 0.2) is 11.6 Å².